The van der Waals surface area contributed by atoms with Crippen LogP contribution >= 0.6 is 0 Å². The van der Waals surface area contributed by atoms with E-state index in [0.717, 1.165) is 37.4 Å². The number of ether oxygens (including phenoxy) is 2. The molecule has 1 atom stereocenters. The molecule has 0 aliphatic carbocycles. The summed E-state index contributed by atoms with van der Waals surface area (Å²) in [6, 6.07) is 10.7. The van der Waals surface area contributed by atoms with Crippen molar-refractivity contribution in [2.45, 2.75) is 39.3 Å². The standard InChI is InChI=1S/C20H22N2O3/c1-14-10-19(15(2)22(14)12-18-4-3-9-24-18)20(23)13-25-17-7-5-16(11-21)6-8-17/h5-8,10,18H,3-4,9,12-13H2,1-2H3/t18-/m0/s1. The highest BCUT2D eigenvalue weighted by Crippen LogP contribution is 2.21. The van der Waals surface area contributed by atoms with Gasteiger partial charge >= 0.3 is 0 Å². The minimum atomic E-state index is -0.0453. The predicted octanol–water partition coefficient (Wildman–Crippen LogP) is 3.42. The first-order valence-electron chi connectivity index (χ1n) is 8.53. The predicted molar refractivity (Wildman–Crippen MR) is 93.9 cm³/mol. The molecule has 0 N–H and O–H groups in total. The van der Waals surface area contributed by atoms with Crippen LogP contribution in [-0.4, -0.2) is 29.7 Å². The van der Waals surface area contributed by atoms with Crippen molar-refractivity contribution in [2.75, 3.05) is 13.2 Å². The van der Waals surface area contributed by atoms with E-state index in [1.165, 1.54) is 0 Å². The zero-order valence-electron chi connectivity index (χ0n) is 14.6. The highest BCUT2D eigenvalue weighted by molar-refractivity contribution is 5.98. The van der Waals surface area contributed by atoms with Crippen molar-refractivity contribution in [3.63, 3.8) is 0 Å². The quantitative estimate of drug-likeness (QED) is 0.757. The van der Waals surface area contributed by atoms with Gasteiger partial charge in [0.1, 0.15) is 5.75 Å². The fraction of sp³-hybridized carbons (Fsp3) is 0.400. The Morgan fingerprint density at radius 2 is 2.12 bits per heavy atom. The number of Topliss-reactive ketones (excluding diaryl/α,β-unsaturated/α-hetero) is 1. The van der Waals surface area contributed by atoms with Gasteiger partial charge in [0, 0.05) is 30.1 Å². The lowest BCUT2D eigenvalue weighted by Gasteiger charge is -2.14. The van der Waals surface area contributed by atoms with Gasteiger partial charge in [0.2, 0.25) is 5.78 Å². The van der Waals surface area contributed by atoms with Crippen LogP contribution in [0.3, 0.4) is 0 Å². The molecule has 1 aliphatic rings. The van der Waals surface area contributed by atoms with Gasteiger partial charge in [-0.3, -0.25) is 4.79 Å². The van der Waals surface area contributed by atoms with E-state index in [1.807, 2.05) is 19.9 Å². The van der Waals surface area contributed by atoms with Crippen LogP contribution in [0.25, 0.3) is 0 Å². The topological polar surface area (TPSA) is 64.2 Å². The van der Waals surface area contributed by atoms with Crippen molar-refractivity contribution in [1.29, 1.82) is 5.26 Å². The summed E-state index contributed by atoms with van der Waals surface area (Å²) in [5.74, 6) is 0.538. The highest BCUT2D eigenvalue weighted by Gasteiger charge is 2.21. The summed E-state index contributed by atoms with van der Waals surface area (Å²) >= 11 is 0. The Kier molecular flexibility index (Phi) is 5.20. The molecule has 0 bridgehead atoms. The molecule has 0 unspecified atom stereocenters. The zero-order chi connectivity index (χ0) is 17.8. The lowest BCUT2D eigenvalue weighted by Crippen LogP contribution is -2.18. The summed E-state index contributed by atoms with van der Waals surface area (Å²) in [6.07, 6.45) is 2.42. The van der Waals surface area contributed by atoms with Gasteiger partial charge in [0.15, 0.2) is 6.61 Å². The molecule has 5 heteroatoms. The van der Waals surface area contributed by atoms with Gasteiger partial charge in [-0.1, -0.05) is 0 Å². The average Bonchev–Trinajstić information content (AvgIpc) is 3.24. The van der Waals surface area contributed by atoms with Gasteiger partial charge in [-0.2, -0.15) is 5.26 Å². The van der Waals surface area contributed by atoms with Crippen molar-refractivity contribution in [1.82, 2.24) is 4.57 Å². The van der Waals surface area contributed by atoms with Gasteiger partial charge in [0.05, 0.1) is 17.7 Å². The molecular formula is C20H22N2O3. The van der Waals surface area contributed by atoms with Crippen LogP contribution in [0, 0.1) is 25.2 Å². The third-order valence-electron chi connectivity index (χ3n) is 4.64. The molecule has 0 amide bonds. The second-order valence-electron chi connectivity index (χ2n) is 6.38. The lowest BCUT2D eigenvalue weighted by molar-refractivity contribution is 0.0914. The molecule has 5 nitrogen and oxygen atoms in total. The Morgan fingerprint density at radius 1 is 1.36 bits per heavy atom. The molecule has 130 valence electrons. The Hall–Kier alpha value is -2.58. The summed E-state index contributed by atoms with van der Waals surface area (Å²) in [5.41, 5.74) is 3.29. The molecule has 1 aromatic carbocycles. The van der Waals surface area contributed by atoms with Crippen LogP contribution in [0.15, 0.2) is 30.3 Å². The lowest BCUT2D eigenvalue weighted by atomic mass is 10.1. The largest absolute Gasteiger partial charge is 0.485 e. The molecule has 1 aromatic heterocycles. The molecule has 0 spiro atoms. The Labute approximate surface area is 147 Å². The maximum absolute atomic E-state index is 12.5. The van der Waals surface area contributed by atoms with Crippen LogP contribution in [0.1, 0.15) is 40.2 Å². The second-order valence-corrected chi connectivity index (χ2v) is 6.38. The second kappa shape index (κ2) is 7.54. The Morgan fingerprint density at radius 3 is 2.76 bits per heavy atom. The number of carbonyl (C=O) groups excluding carboxylic acids is 1. The third kappa shape index (κ3) is 3.92. The van der Waals surface area contributed by atoms with Gasteiger partial charge < -0.3 is 14.0 Å². The number of aromatic nitrogens is 1. The number of ketones is 1. The summed E-state index contributed by atoms with van der Waals surface area (Å²) in [7, 11) is 0. The highest BCUT2D eigenvalue weighted by atomic mass is 16.5. The van der Waals surface area contributed by atoms with Crippen LogP contribution in [0.4, 0.5) is 0 Å². The van der Waals surface area contributed by atoms with Crippen molar-refractivity contribution in [2.24, 2.45) is 0 Å². The van der Waals surface area contributed by atoms with E-state index in [2.05, 4.69) is 10.6 Å². The van der Waals surface area contributed by atoms with E-state index >= 15 is 0 Å². The smallest absolute Gasteiger partial charge is 0.202 e. The van der Waals surface area contributed by atoms with E-state index in [-0.39, 0.29) is 18.5 Å². The van der Waals surface area contributed by atoms with Gasteiger partial charge in [-0.15, -0.1) is 0 Å². The molecule has 1 saturated heterocycles. The molecule has 1 aliphatic heterocycles. The monoisotopic (exact) mass is 338 g/mol. The van der Waals surface area contributed by atoms with Gasteiger partial charge in [0.25, 0.3) is 0 Å². The zero-order valence-corrected chi connectivity index (χ0v) is 14.6. The normalized spacial score (nSPS) is 16.6. The van der Waals surface area contributed by atoms with Gasteiger partial charge in [-0.05, 0) is 57.0 Å². The minimum absolute atomic E-state index is 0.0177. The summed E-state index contributed by atoms with van der Waals surface area (Å²) in [4.78, 5) is 12.5. The first kappa shape index (κ1) is 17.2. The molecular weight excluding hydrogens is 316 g/mol. The maximum atomic E-state index is 12.5. The summed E-state index contributed by atoms with van der Waals surface area (Å²) in [5, 5.41) is 8.80. The van der Waals surface area contributed by atoms with E-state index in [9.17, 15) is 4.79 Å². The van der Waals surface area contributed by atoms with Crippen molar-refractivity contribution >= 4 is 5.78 Å². The van der Waals surface area contributed by atoms with Crippen molar-refractivity contribution in [3.05, 3.63) is 52.8 Å². The molecule has 2 heterocycles. The molecule has 3 rings (SSSR count). The average molecular weight is 338 g/mol. The summed E-state index contributed by atoms with van der Waals surface area (Å²) < 4.78 is 13.4. The van der Waals surface area contributed by atoms with Crippen LogP contribution in [-0.2, 0) is 11.3 Å². The fourth-order valence-corrected chi connectivity index (χ4v) is 3.21. The van der Waals surface area contributed by atoms with Crippen molar-refractivity contribution < 1.29 is 14.3 Å². The Bertz CT molecular complexity index is 794. The minimum Gasteiger partial charge on any atom is -0.485 e. The van der Waals surface area contributed by atoms with E-state index in [0.29, 0.717) is 16.9 Å². The van der Waals surface area contributed by atoms with E-state index in [4.69, 9.17) is 14.7 Å². The number of aryl methyl sites for hydroxylation is 1. The number of rotatable bonds is 6. The Balaban J connectivity index is 1.66. The first-order valence-corrected chi connectivity index (χ1v) is 8.53. The van der Waals surface area contributed by atoms with E-state index in [1.54, 1.807) is 24.3 Å². The SMILES string of the molecule is Cc1cc(C(=O)COc2ccc(C#N)cc2)c(C)n1C[C@@H]1CCCO1. The number of hydrogen-bond acceptors (Lipinski definition) is 4. The molecule has 0 saturated carbocycles. The molecule has 2 aromatic rings. The number of nitriles is 1. The maximum Gasteiger partial charge on any atom is 0.202 e. The first-order chi connectivity index (χ1) is 12.1. The molecule has 1 fully saturated rings. The fourth-order valence-electron chi connectivity index (χ4n) is 3.21. The van der Waals surface area contributed by atoms with Crippen LogP contribution in [0.5, 0.6) is 5.75 Å². The third-order valence-corrected chi connectivity index (χ3v) is 4.64. The number of carbonyl (C=O) groups is 1. The number of benzene rings is 1. The molecule has 25 heavy (non-hydrogen) atoms. The van der Waals surface area contributed by atoms with Crippen molar-refractivity contribution in [3.8, 4) is 11.8 Å². The molecule has 0 radical (unpaired) electrons. The van der Waals surface area contributed by atoms with Crippen LogP contribution < -0.4 is 4.74 Å². The number of hydrogen-bond donors (Lipinski definition) is 0. The van der Waals surface area contributed by atoms with E-state index < -0.39 is 0 Å². The van der Waals surface area contributed by atoms with Crippen LogP contribution in [0.2, 0.25) is 0 Å². The van der Waals surface area contributed by atoms with Gasteiger partial charge in [-0.25, -0.2) is 0 Å². The summed E-state index contributed by atoms with van der Waals surface area (Å²) in [6.45, 7) is 5.59. The number of nitrogens with zero attached hydrogens (tertiary/aromatic N) is 2.